The Hall–Kier alpha value is -2.60. The van der Waals surface area contributed by atoms with Crippen molar-refractivity contribution in [2.45, 2.75) is 330 Å². The van der Waals surface area contributed by atoms with Crippen molar-refractivity contribution in [1.29, 1.82) is 0 Å². The Morgan fingerprint density at radius 2 is 0.337 bits per heavy atom. The summed E-state index contributed by atoms with van der Waals surface area (Å²) in [6, 6.07) is 26.2. The minimum absolute atomic E-state index is 0. The fourth-order valence-electron chi connectivity index (χ4n) is 11.0. The summed E-state index contributed by atoms with van der Waals surface area (Å²) in [7, 11) is -17.4. The molecule has 0 spiro atoms. The summed E-state index contributed by atoms with van der Waals surface area (Å²) < 4.78 is 134. The monoisotopic (exact) mass is 1390 g/mol. The maximum Gasteiger partial charge on any atom is 4.00 e. The van der Waals surface area contributed by atoms with Crippen LogP contribution in [0.4, 0.5) is 0 Å². The molecular formula is C72H116O12S4Zr. The number of unbranched alkanes of at least 4 members (excludes halogenated alkanes) is 36. The van der Waals surface area contributed by atoms with Crippen molar-refractivity contribution in [2.24, 2.45) is 0 Å². The standard InChI is InChI=1S/4C18H30O3S.Zr/c4*1-2-3-4-5-6-7-8-9-10-11-14-17-15-12-13-16-18(17)22(19,20)21;/h4*12-13,15-16H,2-11,14H2,1H3,(H,19,20,21);/q;;;;+4/p-4. The van der Waals surface area contributed by atoms with E-state index in [1.54, 1.807) is 72.8 Å². The third-order valence-electron chi connectivity index (χ3n) is 16.2. The molecule has 89 heavy (non-hydrogen) atoms. The Bertz CT molecular complexity index is 2430. The molecule has 0 fully saturated rings. The smallest absolute Gasteiger partial charge is 0.744 e. The number of benzene rings is 4. The molecule has 504 valence electrons. The van der Waals surface area contributed by atoms with Crippen molar-refractivity contribution in [3.05, 3.63) is 119 Å². The Labute approximate surface area is 563 Å². The van der Waals surface area contributed by atoms with E-state index in [9.17, 15) is 51.9 Å². The molecule has 4 rings (SSSR count). The molecule has 17 heteroatoms. The van der Waals surface area contributed by atoms with Gasteiger partial charge in [-0.3, -0.25) is 0 Å². The zero-order valence-corrected chi connectivity index (χ0v) is 61.1. The third-order valence-corrected chi connectivity index (χ3v) is 19.9. The second-order valence-electron chi connectivity index (χ2n) is 24.0. The van der Waals surface area contributed by atoms with E-state index in [0.717, 1.165) is 51.4 Å². The van der Waals surface area contributed by atoms with Crippen molar-refractivity contribution in [1.82, 2.24) is 0 Å². The van der Waals surface area contributed by atoms with Crippen LogP contribution in [0, 0.1) is 0 Å². The van der Waals surface area contributed by atoms with E-state index in [1.165, 1.54) is 230 Å². The molecule has 0 saturated heterocycles. The first-order valence-corrected chi connectivity index (χ1v) is 40.0. The fourth-order valence-corrected chi connectivity index (χ4v) is 14.0. The van der Waals surface area contributed by atoms with Crippen LogP contribution in [0.3, 0.4) is 0 Å². The summed E-state index contributed by atoms with van der Waals surface area (Å²) in [6.07, 6.45) is 52.6. The first kappa shape index (κ1) is 86.4. The van der Waals surface area contributed by atoms with Crippen molar-refractivity contribution >= 4 is 40.5 Å². The van der Waals surface area contributed by atoms with Gasteiger partial charge in [-0.1, -0.05) is 332 Å². The van der Waals surface area contributed by atoms with E-state index < -0.39 is 40.5 Å². The van der Waals surface area contributed by atoms with Crippen LogP contribution in [-0.4, -0.2) is 51.9 Å². The molecule has 0 aliphatic heterocycles. The van der Waals surface area contributed by atoms with Gasteiger partial charge in [0.05, 0.1) is 19.6 Å². The Morgan fingerprint density at radius 3 is 0.472 bits per heavy atom. The molecule has 0 heterocycles. The summed E-state index contributed by atoms with van der Waals surface area (Å²) in [5.74, 6) is 0. The second-order valence-corrected chi connectivity index (χ2v) is 29.4. The van der Waals surface area contributed by atoms with Crippen molar-refractivity contribution in [2.75, 3.05) is 0 Å². The van der Waals surface area contributed by atoms with Crippen LogP contribution < -0.4 is 0 Å². The molecular weight excluding hydrogens is 1280 g/mol. The normalized spacial score (nSPS) is 11.6. The number of aryl methyl sites for hydroxylation is 4. The van der Waals surface area contributed by atoms with Gasteiger partial charge in [-0.2, -0.15) is 0 Å². The van der Waals surface area contributed by atoms with Gasteiger partial charge < -0.3 is 18.2 Å². The predicted molar refractivity (Wildman–Crippen MR) is 360 cm³/mol. The Morgan fingerprint density at radius 1 is 0.213 bits per heavy atom. The molecule has 12 nitrogen and oxygen atoms in total. The summed E-state index contributed by atoms with van der Waals surface area (Å²) in [6.45, 7) is 8.93. The van der Waals surface area contributed by atoms with Gasteiger partial charge in [0.25, 0.3) is 0 Å². The number of rotatable bonds is 48. The van der Waals surface area contributed by atoms with Crippen LogP contribution in [0.5, 0.6) is 0 Å². The van der Waals surface area contributed by atoms with Gasteiger partial charge >= 0.3 is 26.2 Å². The third kappa shape index (κ3) is 46.2. The van der Waals surface area contributed by atoms with E-state index in [4.69, 9.17) is 0 Å². The van der Waals surface area contributed by atoms with E-state index >= 15 is 0 Å². The molecule has 4 aromatic carbocycles. The van der Waals surface area contributed by atoms with Gasteiger partial charge in [0.2, 0.25) is 0 Å². The van der Waals surface area contributed by atoms with Crippen LogP contribution in [0.15, 0.2) is 117 Å². The van der Waals surface area contributed by atoms with Gasteiger partial charge in [-0.25, -0.2) is 33.7 Å². The molecule has 0 radical (unpaired) electrons. The minimum atomic E-state index is -4.35. The Balaban J connectivity index is 0.00000116. The molecule has 0 amide bonds. The quantitative estimate of drug-likeness (QED) is 0.0297. The van der Waals surface area contributed by atoms with Crippen molar-refractivity contribution in [3.8, 4) is 0 Å². The van der Waals surface area contributed by atoms with Gasteiger partial charge in [0.15, 0.2) is 0 Å². The van der Waals surface area contributed by atoms with Crippen LogP contribution in [-0.2, 0) is 92.4 Å². The minimum Gasteiger partial charge on any atom is -0.744 e. The van der Waals surface area contributed by atoms with Crippen LogP contribution in [0.25, 0.3) is 0 Å². The number of hydrogen-bond acceptors (Lipinski definition) is 12. The maximum absolute atomic E-state index is 11.2. The summed E-state index contributed by atoms with van der Waals surface area (Å²) in [5, 5.41) is 0. The maximum atomic E-state index is 11.2. The summed E-state index contributed by atoms with van der Waals surface area (Å²) >= 11 is 0. The molecule has 0 saturated carbocycles. The Kier molecular flexibility index (Phi) is 53.2. The van der Waals surface area contributed by atoms with Crippen LogP contribution in [0.1, 0.15) is 307 Å². The second kappa shape index (κ2) is 54.8. The van der Waals surface area contributed by atoms with Gasteiger partial charge in [-0.15, -0.1) is 0 Å². The van der Waals surface area contributed by atoms with Gasteiger partial charge in [-0.05, 0) is 97.9 Å². The molecule has 0 aliphatic rings. The predicted octanol–water partition coefficient (Wildman–Crippen LogP) is 20.2. The first-order chi connectivity index (χ1) is 42.2. The fraction of sp³-hybridized carbons (Fsp3) is 0.667. The molecule has 0 aliphatic carbocycles. The molecule has 0 N–H and O–H groups in total. The summed E-state index contributed by atoms with van der Waals surface area (Å²) in [4.78, 5) is -0.200. The van der Waals surface area contributed by atoms with E-state index in [2.05, 4.69) is 27.7 Å². The summed E-state index contributed by atoms with van der Waals surface area (Å²) in [5.41, 5.74) is 2.66. The van der Waals surface area contributed by atoms with Crippen LogP contribution in [0.2, 0.25) is 0 Å². The molecule has 0 unspecified atom stereocenters. The molecule has 0 aromatic heterocycles. The average Bonchev–Trinajstić information content (AvgIpc) is 3.51. The SMILES string of the molecule is CCCCCCCCCCCCc1ccccc1S(=O)(=O)[O-].CCCCCCCCCCCCc1ccccc1S(=O)(=O)[O-].CCCCCCCCCCCCc1ccccc1S(=O)(=O)[O-].CCCCCCCCCCCCc1ccccc1S(=O)(=O)[O-].[Zr+4]. The van der Waals surface area contributed by atoms with Gasteiger partial charge in [0.1, 0.15) is 40.5 Å². The average molecular weight is 1390 g/mol. The zero-order valence-electron chi connectivity index (χ0n) is 55.4. The van der Waals surface area contributed by atoms with E-state index in [1.807, 2.05) is 0 Å². The molecule has 0 bridgehead atoms. The van der Waals surface area contributed by atoms with Crippen molar-refractivity contribution < 1.29 is 78.1 Å². The first-order valence-electron chi connectivity index (χ1n) is 34.4. The molecule has 0 atom stereocenters. The van der Waals surface area contributed by atoms with Gasteiger partial charge in [0, 0.05) is 0 Å². The van der Waals surface area contributed by atoms with Crippen molar-refractivity contribution in [3.63, 3.8) is 0 Å². The number of hydrogen-bond donors (Lipinski definition) is 0. The topological polar surface area (TPSA) is 229 Å². The molecule has 4 aromatic rings. The largest absolute Gasteiger partial charge is 4.00 e. The van der Waals surface area contributed by atoms with E-state index in [-0.39, 0.29) is 45.8 Å². The van der Waals surface area contributed by atoms with Crippen LogP contribution >= 0.6 is 0 Å². The zero-order chi connectivity index (χ0) is 65.0. The van der Waals surface area contributed by atoms with E-state index in [0.29, 0.717) is 47.9 Å².